The number of aldehydes is 1. The molecule has 2 bridgehead atoms. The van der Waals surface area contributed by atoms with Crippen LogP contribution < -0.4 is 0 Å². The van der Waals surface area contributed by atoms with Crippen LogP contribution in [0, 0.1) is 23.3 Å². The monoisotopic (exact) mass is 329 g/mol. The van der Waals surface area contributed by atoms with Crippen LogP contribution in [0.25, 0.3) is 0 Å². The fourth-order valence-corrected chi connectivity index (χ4v) is 3.91. The molecule has 0 radical (unpaired) electrons. The van der Waals surface area contributed by atoms with Gasteiger partial charge in [0.2, 0.25) is 0 Å². The Balaban J connectivity index is 2.50. The zero-order chi connectivity index (χ0) is 14.2. The highest BCUT2D eigenvalue weighted by Crippen LogP contribution is 2.42. The van der Waals surface area contributed by atoms with Crippen molar-refractivity contribution in [2.24, 2.45) is 0 Å². The van der Waals surface area contributed by atoms with Crippen LogP contribution >= 0.6 is 36.3 Å². The minimum absolute atomic E-state index is 0.00880. The molecule has 9 heteroatoms. The molecule has 2 aliphatic heterocycles. The zero-order valence-corrected chi connectivity index (χ0v) is 11.7. The molecule has 1 aromatic rings. The fraction of sp³-hybridized carbons (Fsp3) is 0.300. The normalized spacial score (nSPS) is 17.1. The minimum atomic E-state index is -1.44. The highest BCUT2D eigenvalue weighted by molar-refractivity contribution is 8.01. The number of fused-ring (bicyclic) bond motifs is 5. The number of rotatable bonds is 3. The predicted octanol–water partition coefficient (Wildman–Crippen LogP) is 3.11. The lowest BCUT2D eigenvalue weighted by Crippen LogP contribution is -2.33. The van der Waals surface area contributed by atoms with Gasteiger partial charge < -0.3 is 4.79 Å². The zero-order valence-electron chi connectivity index (χ0n) is 9.20. The van der Waals surface area contributed by atoms with E-state index in [1.54, 1.807) is 0 Å². The summed E-state index contributed by atoms with van der Waals surface area (Å²) in [6.45, 7) is 0. The molecule has 0 saturated carbocycles. The van der Waals surface area contributed by atoms with Gasteiger partial charge in [-0.3, -0.25) is 0 Å². The highest BCUT2D eigenvalue weighted by atomic mass is 32.2. The third-order valence-electron chi connectivity index (χ3n) is 2.44. The number of halogens is 4. The van der Waals surface area contributed by atoms with Crippen molar-refractivity contribution < 1.29 is 22.4 Å². The van der Waals surface area contributed by atoms with Crippen LogP contribution in [-0.2, 0) is 4.79 Å². The van der Waals surface area contributed by atoms with Crippen molar-refractivity contribution in [1.82, 2.24) is 4.31 Å². The van der Waals surface area contributed by atoms with Gasteiger partial charge in [0.15, 0.2) is 23.3 Å². The van der Waals surface area contributed by atoms with Crippen molar-refractivity contribution in [1.29, 1.82) is 0 Å². The Morgan fingerprint density at radius 1 is 1.16 bits per heavy atom. The maximum Gasteiger partial charge on any atom is 0.178 e. The third-order valence-corrected chi connectivity index (χ3v) is 5.21. The van der Waals surface area contributed by atoms with Crippen LogP contribution in [0.1, 0.15) is 0 Å². The molecular weight excluding hydrogens is 322 g/mol. The van der Waals surface area contributed by atoms with Gasteiger partial charge in [-0.15, -0.1) is 11.8 Å². The van der Waals surface area contributed by atoms with Crippen molar-refractivity contribution in [2.45, 2.75) is 15.8 Å². The molecule has 0 amide bonds. The fourth-order valence-electron chi connectivity index (χ4n) is 1.44. The second-order valence-electron chi connectivity index (χ2n) is 3.58. The molecule has 0 fully saturated rings. The summed E-state index contributed by atoms with van der Waals surface area (Å²) < 4.78 is 55.6. The molecular formula is C10H7F4NOS3. The maximum absolute atomic E-state index is 13.6. The van der Waals surface area contributed by atoms with E-state index in [2.05, 4.69) is 12.6 Å². The molecule has 104 valence electrons. The Bertz CT molecular complexity index is 499. The lowest BCUT2D eigenvalue weighted by Gasteiger charge is -2.28. The van der Waals surface area contributed by atoms with Gasteiger partial charge in [0.05, 0.1) is 16.8 Å². The number of thioether (sulfide) groups is 1. The second kappa shape index (κ2) is 5.94. The molecule has 0 saturated heterocycles. The van der Waals surface area contributed by atoms with E-state index in [1.807, 2.05) is 0 Å². The van der Waals surface area contributed by atoms with Gasteiger partial charge in [0.25, 0.3) is 0 Å². The van der Waals surface area contributed by atoms with E-state index < -0.39 is 39.1 Å². The van der Waals surface area contributed by atoms with E-state index in [1.165, 1.54) is 4.31 Å². The van der Waals surface area contributed by atoms with Crippen molar-refractivity contribution in [3.8, 4) is 0 Å². The van der Waals surface area contributed by atoms with Crippen molar-refractivity contribution in [2.75, 3.05) is 11.6 Å². The molecule has 0 spiro atoms. The van der Waals surface area contributed by atoms with Crippen LogP contribution in [0.3, 0.4) is 0 Å². The first kappa shape index (κ1) is 15.0. The molecule has 1 aromatic carbocycles. The molecule has 2 heterocycles. The number of hydrogen-bond acceptors (Lipinski definition) is 5. The summed E-state index contributed by atoms with van der Waals surface area (Å²) in [5.41, 5.74) is 0. The van der Waals surface area contributed by atoms with Gasteiger partial charge in [-0.2, -0.15) is 12.6 Å². The molecule has 0 N–H and O–H groups in total. The number of carbonyl (C=O) groups excluding carboxylic acids is 1. The third kappa shape index (κ3) is 2.61. The summed E-state index contributed by atoms with van der Waals surface area (Å²) in [6, 6.07) is -0.708. The Labute approximate surface area is 120 Å². The van der Waals surface area contributed by atoms with E-state index in [0.29, 0.717) is 30.0 Å². The maximum atomic E-state index is 13.6. The summed E-state index contributed by atoms with van der Waals surface area (Å²) in [7, 11) is 0. The topological polar surface area (TPSA) is 20.3 Å². The Hall–Kier alpha value is -0.380. The summed E-state index contributed by atoms with van der Waals surface area (Å²) in [6.07, 6.45) is 0.566. The average molecular weight is 329 g/mol. The minimum Gasteiger partial charge on any atom is -0.302 e. The van der Waals surface area contributed by atoms with Crippen LogP contribution in [0.2, 0.25) is 0 Å². The van der Waals surface area contributed by atoms with Crippen LogP contribution in [0.5, 0.6) is 0 Å². The smallest absolute Gasteiger partial charge is 0.178 e. The van der Waals surface area contributed by atoms with Crippen molar-refractivity contribution in [3.05, 3.63) is 23.3 Å². The van der Waals surface area contributed by atoms with E-state index in [9.17, 15) is 22.4 Å². The second-order valence-corrected chi connectivity index (χ2v) is 5.96. The Morgan fingerprint density at radius 3 is 2.16 bits per heavy atom. The van der Waals surface area contributed by atoms with E-state index in [4.69, 9.17) is 0 Å². The van der Waals surface area contributed by atoms with E-state index in [-0.39, 0.29) is 11.6 Å². The first-order valence-corrected chi connectivity index (χ1v) is 7.39. The first-order chi connectivity index (χ1) is 9.01. The summed E-state index contributed by atoms with van der Waals surface area (Å²) >= 11 is 5.02. The van der Waals surface area contributed by atoms with Crippen LogP contribution in [0.15, 0.2) is 9.79 Å². The Morgan fingerprint density at radius 2 is 1.68 bits per heavy atom. The standard InChI is InChI=1S/C10H7F4NOS3/c11-5-7(13)10-8(14)6(12)9(5)18-3-15(19-10)4(1-16)2-17/h1,4,17H,2-3H2/t4-/m1/s1. The number of nitrogens with zero attached hydrogens (tertiary/aromatic N) is 1. The number of hydrogen-bond donors (Lipinski definition) is 1. The van der Waals surface area contributed by atoms with Crippen LogP contribution in [0.4, 0.5) is 17.6 Å². The van der Waals surface area contributed by atoms with Gasteiger partial charge in [-0.1, -0.05) is 0 Å². The van der Waals surface area contributed by atoms with Gasteiger partial charge in [-0.05, 0) is 11.9 Å². The highest BCUT2D eigenvalue weighted by Gasteiger charge is 2.32. The molecule has 2 aliphatic rings. The number of carbonyl (C=O) groups is 1. The summed E-state index contributed by atoms with van der Waals surface area (Å²) in [5, 5.41) is 0. The number of benzene rings is 1. The largest absolute Gasteiger partial charge is 0.302 e. The summed E-state index contributed by atoms with van der Waals surface area (Å²) in [5.74, 6) is -5.56. The quantitative estimate of drug-likeness (QED) is 0.302. The molecule has 0 aromatic heterocycles. The lowest BCUT2D eigenvalue weighted by atomic mass is 10.3. The van der Waals surface area contributed by atoms with Crippen molar-refractivity contribution >= 4 is 42.6 Å². The van der Waals surface area contributed by atoms with Gasteiger partial charge in [0, 0.05) is 5.75 Å². The first-order valence-electron chi connectivity index (χ1n) is 5.00. The molecule has 0 unspecified atom stereocenters. The molecule has 0 aliphatic carbocycles. The van der Waals surface area contributed by atoms with Gasteiger partial charge >= 0.3 is 0 Å². The van der Waals surface area contributed by atoms with Gasteiger partial charge in [-0.25, -0.2) is 21.9 Å². The Kier molecular flexibility index (Phi) is 4.70. The molecule has 1 atom stereocenters. The summed E-state index contributed by atoms with van der Waals surface area (Å²) in [4.78, 5) is 9.34. The SMILES string of the molecule is O=C[C@H](CS)N1CSc2c(F)c(F)c(c(F)c2F)S1. The average Bonchev–Trinajstić information content (AvgIpc) is 2.40. The lowest BCUT2D eigenvalue weighted by molar-refractivity contribution is -0.110. The molecule has 2 nitrogen and oxygen atoms in total. The van der Waals surface area contributed by atoms with E-state index in [0.717, 1.165) is 0 Å². The molecule has 19 heavy (non-hydrogen) atoms. The van der Waals surface area contributed by atoms with E-state index >= 15 is 0 Å². The van der Waals surface area contributed by atoms with Crippen molar-refractivity contribution in [3.63, 3.8) is 0 Å². The van der Waals surface area contributed by atoms with Crippen LogP contribution in [-0.4, -0.2) is 28.3 Å². The molecule has 3 rings (SSSR count). The van der Waals surface area contributed by atoms with Gasteiger partial charge in [0.1, 0.15) is 11.2 Å². The number of thiol groups is 1. The predicted molar refractivity (Wildman–Crippen MR) is 68.4 cm³/mol.